The fraction of sp³-hybridized carbons (Fsp3) is 0.800. The summed E-state index contributed by atoms with van der Waals surface area (Å²) < 4.78 is 0. The molecule has 0 aliphatic rings. The molecule has 0 aromatic heterocycles. The van der Waals surface area contributed by atoms with Gasteiger partial charge in [0, 0.05) is 12.5 Å². The van der Waals surface area contributed by atoms with Crippen LogP contribution in [0, 0.1) is 0 Å². The fourth-order valence-corrected chi connectivity index (χ4v) is 1.10. The lowest BCUT2D eigenvalue weighted by Crippen LogP contribution is -2.37. The van der Waals surface area contributed by atoms with E-state index in [9.17, 15) is 9.59 Å². The largest absolute Gasteiger partial charge is 0.481 e. The Bertz CT molecular complexity index is 205. The highest BCUT2D eigenvalue weighted by molar-refractivity contribution is 5.78. The van der Waals surface area contributed by atoms with E-state index in [1.54, 1.807) is 0 Å². The Labute approximate surface area is 90.2 Å². The average molecular weight is 216 g/mol. The lowest BCUT2D eigenvalue weighted by atomic mass is 10.2. The zero-order valence-corrected chi connectivity index (χ0v) is 9.38. The highest BCUT2D eigenvalue weighted by Gasteiger charge is 2.01. The molecule has 0 fully saturated rings. The zero-order chi connectivity index (χ0) is 11.7. The predicted molar refractivity (Wildman–Crippen MR) is 57.6 cm³/mol. The number of carboxylic acids is 1. The minimum absolute atomic E-state index is 0.0248. The van der Waals surface area contributed by atoms with Crippen molar-refractivity contribution in [2.75, 3.05) is 13.1 Å². The predicted octanol–water partition coefficient (Wildman–Crippen LogP) is 0.355. The van der Waals surface area contributed by atoms with Gasteiger partial charge >= 0.3 is 5.97 Å². The van der Waals surface area contributed by atoms with Crippen LogP contribution in [0.1, 0.15) is 33.1 Å². The topological polar surface area (TPSA) is 78.4 Å². The Hall–Kier alpha value is -1.10. The number of hydrogen-bond donors (Lipinski definition) is 3. The number of unbranched alkanes of at least 4 members (excludes halogenated alkanes) is 1. The number of aliphatic carboxylic acids is 1. The lowest BCUT2D eigenvalue weighted by Gasteiger charge is -2.08. The van der Waals surface area contributed by atoms with E-state index >= 15 is 0 Å². The van der Waals surface area contributed by atoms with Crippen LogP contribution in [-0.2, 0) is 9.59 Å². The van der Waals surface area contributed by atoms with Crippen LogP contribution >= 0.6 is 0 Å². The van der Waals surface area contributed by atoms with Crippen molar-refractivity contribution in [3.8, 4) is 0 Å². The van der Waals surface area contributed by atoms with Gasteiger partial charge in [-0.05, 0) is 33.2 Å². The Balaban J connectivity index is 3.24. The molecule has 0 saturated carbocycles. The van der Waals surface area contributed by atoms with E-state index in [-0.39, 0.29) is 18.4 Å². The maximum atomic E-state index is 11.1. The molecule has 0 aromatic carbocycles. The van der Waals surface area contributed by atoms with Crippen molar-refractivity contribution in [3.63, 3.8) is 0 Å². The Morgan fingerprint density at radius 1 is 1.27 bits per heavy atom. The number of hydrogen-bond acceptors (Lipinski definition) is 3. The smallest absolute Gasteiger partial charge is 0.303 e. The van der Waals surface area contributed by atoms with Crippen LogP contribution in [0.5, 0.6) is 0 Å². The zero-order valence-electron chi connectivity index (χ0n) is 9.38. The van der Waals surface area contributed by atoms with E-state index in [1.165, 1.54) is 0 Å². The van der Waals surface area contributed by atoms with Crippen LogP contribution in [0.25, 0.3) is 0 Å². The van der Waals surface area contributed by atoms with Gasteiger partial charge < -0.3 is 15.7 Å². The molecule has 88 valence electrons. The molecular weight excluding hydrogens is 196 g/mol. The third-order valence-electron chi connectivity index (χ3n) is 1.73. The number of nitrogens with one attached hydrogen (secondary N) is 2. The average Bonchev–Trinajstić information content (AvgIpc) is 2.09. The first-order valence-corrected chi connectivity index (χ1v) is 5.24. The molecule has 0 aliphatic carbocycles. The highest BCUT2D eigenvalue weighted by Crippen LogP contribution is 1.92. The van der Waals surface area contributed by atoms with Crippen molar-refractivity contribution in [2.45, 2.75) is 39.2 Å². The van der Waals surface area contributed by atoms with Crippen molar-refractivity contribution in [3.05, 3.63) is 0 Å². The first-order chi connectivity index (χ1) is 7.02. The van der Waals surface area contributed by atoms with Gasteiger partial charge in [-0.2, -0.15) is 0 Å². The first-order valence-electron chi connectivity index (χ1n) is 5.24. The van der Waals surface area contributed by atoms with Gasteiger partial charge in [-0.15, -0.1) is 0 Å². The third-order valence-corrected chi connectivity index (χ3v) is 1.73. The minimum atomic E-state index is -0.771. The van der Waals surface area contributed by atoms with Crippen molar-refractivity contribution in [2.24, 2.45) is 0 Å². The van der Waals surface area contributed by atoms with Crippen LogP contribution in [0.3, 0.4) is 0 Å². The SMILES string of the molecule is CC(C)NC(=O)CNCCCCC(=O)O. The summed E-state index contributed by atoms with van der Waals surface area (Å²) >= 11 is 0. The van der Waals surface area contributed by atoms with E-state index in [0.717, 1.165) is 6.42 Å². The summed E-state index contributed by atoms with van der Waals surface area (Å²) in [6, 6.07) is 0.159. The molecule has 0 radical (unpaired) electrons. The maximum absolute atomic E-state index is 11.1. The molecule has 3 N–H and O–H groups in total. The van der Waals surface area contributed by atoms with Crippen LogP contribution in [-0.4, -0.2) is 36.1 Å². The first kappa shape index (κ1) is 13.9. The van der Waals surface area contributed by atoms with E-state index < -0.39 is 5.97 Å². The van der Waals surface area contributed by atoms with Gasteiger partial charge in [0.05, 0.1) is 6.54 Å². The van der Waals surface area contributed by atoms with Crippen LogP contribution in [0.2, 0.25) is 0 Å². The quantitative estimate of drug-likeness (QED) is 0.512. The van der Waals surface area contributed by atoms with Gasteiger partial charge in [-0.25, -0.2) is 0 Å². The standard InChI is InChI=1S/C10H20N2O3/c1-8(2)12-9(13)7-11-6-4-3-5-10(14)15/h8,11H,3-7H2,1-2H3,(H,12,13)(H,14,15). The second-order valence-electron chi connectivity index (χ2n) is 3.75. The molecular formula is C10H20N2O3. The Morgan fingerprint density at radius 2 is 1.93 bits per heavy atom. The molecule has 0 unspecified atom stereocenters. The second kappa shape index (κ2) is 8.23. The lowest BCUT2D eigenvalue weighted by molar-refractivity contribution is -0.137. The van der Waals surface area contributed by atoms with Crippen LogP contribution < -0.4 is 10.6 Å². The van der Waals surface area contributed by atoms with Gasteiger partial charge in [0.1, 0.15) is 0 Å². The minimum Gasteiger partial charge on any atom is -0.481 e. The normalized spacial score (nSPS) is 10.3. The summed E-state index contributed by atoms with van der Waals surface area (Å²) in [5, 5.41) is 14.1. The van der Waals surface area contributed by atoms with E-state index in [2.05, 4.69) is 10.6 Å². The van der Waals surface area contributed by atoms with Gasteiger partial charge in [-0.3, -0.25) is 9.59 Å². The molecule has 15 heavy (non-hydrogen) atoms. The molecule has 0 spiro atoms. The van der Waals surface area contributed by atoms with E-state index in [0.29, 0.717) is 19.5 Å². The molecule has 0 aromatic rings. The van der Waals surface area contributed by atoms with E-state index in [4.69, 9.17) is 5.11 Å². The number of carbonyl (C=O) groups excluding carboxylic acids is 1. The third kappa shape index (κ3) is 10.8. The summed E-state index contributed by atoms with van der Waals surface area (Å²) in [5.41, 5.74) is 0. The monoisotopic (exact) mass is 216 g/mol. The number of amides is 1. The molecule has 0 atom stereocenters. The molecule has 5 nitrogen and oxygen atoms in total. The summed E-state index contributed by atoms with van der Waals surface area (Å²) in [4.78, 5) is 21.3. The maximum Gasteiger partial charge on any atom is 0.303 e. The van der Waals surface area contributed by atoms with Gasteiger partial charge in [0.25, 0.3) is 0 Å². The van der Waals surface area contributed by atoms with Gasteiger partial charge in [0.15, 0.2) is 0 Å². The summed E-state index contributed by atoms with van der Waals surface area (Å²) in [5.74, 6) is -0.796. The molecule has 0 bridgehead atoms. The molecule has 0 rings (SSSR count). The molecule has 1 amide bonds. The molecule has 0 saturated heterocycles. The summed E-state index contributed by atoms with van der Waals surface area (Å²) in [6.45, 7) is 4.79. The molecule has 0 aliphatic heterocycles. The van der Waals surface area contributed by atoms with E-state index in [1.807, 2.05) is 13.8 Å². The highest BCUT2D eigenvalue weighted by atomic mass is 16.4. The number of carboxylic acid groups (broad SMARTS) is 1. The summed E-state index contributed by atoms with van der Waals surface area (Å²) in [7, 11) is 0. The van der Waals surface area contributed by atoms with Crippen molar-refractivity contribution in [1.82, 2.24) is 10.6 Å². The second-order valence-corrected chi connectivity index (χ2v) is 3.75. The molecule has 0 heterocycles. The Morgan fingerprint density at radius 3 is 2.47 bits per heavy atom. The van der Waals surface area contributed by atoms with Gasteiger partial charge in [0.2, 0.25) is 5.91 Å². The Kier molecular flexibility index (Phi) is 7.62. The van der Waals surface area contributed by atoms with Crippen LogP contribution in [0.15, 0.2) is 0 Å². The summed E-state index contributed by atoms with van der Waals surface area (Å²) in [6.07, 6.45) is 1.62. The van der Waals surface area contributed by atoms with Crippen molar-refractivity contribution in [1.29, 1.82) is 0 Å². The van der Waals surface area contributed by atoms with Crippen molar-refractivity contribution < 1.29 is 14.7 Å². The number of carbonyl (C=O) groups is 2. The van der Waals surface area contributed by atoms with Crippen molar-refractivity contribution >= 4 is 11.9 Å². The van der Waals surface area contributed by atoms with Crippen LogP contribution in [0.4, 0.5) is 0 Å². The number of rotatable bonds is 8. The molecule has 5 heteroatoms. The van der Waals surface area contributed by atoms with Gasteiger partial charge in [-0.1, -0.05) is 0 Å². The fourth-order valence-electron chi connectivity index (χ4n) is 1.10.